The molecule has 2 bridgehead atoms. The van der Waals surface area contributed by atoms with E-state index in [1.54, 1.807) is 0 Å². The quantitative estimate of drug-likeness (QED) is 0.793. The van der Waals surface area contributed by atoms with E-state index in [0.717, 1.165) is 36.8 Å². The molecule has 0 heterocycles. The third kappa shape index (κ3) is 3.06. The van der Waals surface area contributed by atoms with Crippen LogP contribution in [-0.2, 0) is 4.74 Å². The summed E-state index contributed by atoms with van der Waals surface area (Å²) in [5.41, 5.74) is 6.13. The van der Waals surface area contributed by atoms with Gasteiger partial charge in [0.1, 0.15) is 0 Å². The molecule has 0 spiro atoms. The Balaban J connectivity index is 1.47. The molecule has 0 aliphatic heterocycles. The summed E-state index contributed by atoms with van der Waals surface area (Å²) >= 11 is 0. The molecule has 3 aliphatic rings. The molecule has 0 saturated heterocycles. The molecule has 3 atom stereocenters. The molecule has 2 nitrogen and oxygen atoms in total. The molecule has 2 N–H and O–H groups in total. The summed E-state index contributed by atoms with van der Waals surface area (Å²) in [5.74, 6) is 3.80. The smallest absolute Gasteiger partial charge is 0.0804 e. The Morgan fingerprint density at radius 3 is 2.45 bits per heavy atom. The molecule has 2 heteroatoms. The van der Waals surface area contributed by atoms with Crippen molar-refractivity contribution in [2.75, 3.05) is 13.2 Å². The van der Waals surface area contributed by atoms with Gasteiger partial charge in [-0.3, -0.25) is 0 Å². The van der Waals surface area contributed by atoms with Gasteiger partial charge in [0.2, 0.25) is 0 Å². The normalized spacial score (nSPS) is 44.1. The van der Waals surface area contributed by atoms with E-state index in [4.69, 9.17) is 10.5 Å². The summed E-state index contributed by atoms with van der Waals surface area (Å²) in [6.45, 7) is 4.03. The highest BCUT2D eigenvalue weighted by Gasteiger charge is 2.41. The molecule has 20 heavy (non-hydrogen) atoms. The molecule has 116 valence electrons. The van der Waals surface area contributed by atoms with E-state index in [-0.39, 0.29) is 5.60 Å². The lowest BCUT2D eigenvalue weighted by Gasteiger charge is -2.40. The predicted molar refractivity (Wildman–Crippen MR) is 83.5 cm³/mol. The average molecular weight is 279 g/mol. The van der Waals surface area contributed by atoms with E-state index in [1.807, 2.05) is 0 Å². The van der Waals surface area contributed by atoms with Gasteiger partial charge in [-0.1, -0.05) is 26.2 Å². The van der Waals surface area contributed by atoms with Gasteiger partial charge in [0.05, 0.1) is 12.2 Å². The molecule has 3 unspecified atom stereocenters. The lowest BCUT2D eigenvalue weighted by Crippen LogP contribution is -2.45. The Bertz CT molecular complexity index is 309. The maximum Gasteiger partial charge on any atom is 0.0804 e. The number of ether oxygens (including phenoxy) is 1. The summed E-state index contributed by atoms with van der Waals surface area (Å²) in [6, 6.07) is 0. The van der Waals surface area contributed by atoms with Crippen molar-refractivity contribution in [1.82, 2.24) is 0 Å². The second-order valence-corrected chi connectivity index (χ2v) is 7.87. The van der Waals surface area contributed by atoms with Gasteiger partial charge in [-0.2, -0.15) is 0 Å². The zero-order valence-electron chi connectivity index (χ0n) is 13.3. The van der Waals surface area contributed by atoms with Crippen LogP contribution in [0.5, 0.6) is 0 Å². The first-order chi connectivity index (χ1) is 9.74. The first kappa shape index (κ1) is 14.8. The Morgan fingerprint density at radius 2 is 1.90 bits per heavy atom. The van der Waals surface area contributed by atoms with E-state index in [9.17, 15) is 0 Å². The van der Waals surface area contributed by atoms with Crippen LogP contribution >= 0.6 is 0 Å². The van der Waals surface area contributed by atoms with E-state index in [0.29, 0.717) is 0 Å². The van der Waals surface area contributed by atoms with Crippen LogP contribution in [0.3, 0.4) is 0 Å². The predicted octanol–water partition coefficient (Wildman–Crippen LogP) is 4.13. The number of rotatable bonds is 6. The molecule has 3 saturated carbocycles. The van der Waals surface area contributed by atoms with Crippen molar-refractivity contribution in [3.63, 3.8) is 0 Å². The van der Waals surface area contributed by atoms with Crippen molar-refractivity contribution >= 4 is 0 Å². The van der Waals surface area contributed by atoms with Gasteiger partial charge in [0, 0.05) is 6.54 Å². The summed E-state index contributed by atoms with van der Waals surface area (Å²) < 4.78 is 6.46. The van der Waals surface area contributed by atoms with Crippen molar-refractivity contribution in [2.24, 2.45) is 29.4 Å². The minimum atomic E-state index is 0.0338. The molecule has 0 amide bonds. The molecule has 0 aromatic rings. The summed E-state index contributed by atoms with van der Waals surface area (Å²) in [4.78, 5) is 0. The van der Waals surface area contributed by atoms with Crippen LogP contribution in [0.2, 0.25) is 0 Å². The molecule has 0 radical (unpaired) electrons. The number of hydrogen-bond acceptors (Lipinski definition) is 2. The topological polar surface area (TPSA) is 35.2 Å². The van der Waals surface area contributed by atoms with Crippen LogP contribution in [0.1, 0.15) is 71.1 Å². The van der Waals surface area contributed by atoms with Gasteiger partial charge in [0.25, 0.3) is 0 Å². The van der Waals surface area contributed by atoms with Crippen molar-refractivity contribution in [3.05, 3.63) is 0 Å². The van der Waals surface area contributed by atoms with Crippen molar-refractivity contribution in [3.8, 4) is 0 Å². The largest absolute Gasteiger partial charge is 0.373 e. The summed E-state index contributed by atoms with van der Waals surface area (Å²) in [5, 5.41) is 0. The molecule has 0 aromatic carbocycles. The van der Waals surface area contributed by atoms with Gasteiger partial charge < -0.3 is 10.5 Å². The highest BCUT2D eigenvalue weighted by Crippen LogP contribution is 2.49. The van der Waals surface area contributed by atoms with Crippen molar-refractivity contribution < 1.29 is 4.74 Å². The van der Waals surface area contributed by atoms with Gasteiger partial charge in [-0.05, 0) is 68.6 Å². The molecular formula is C18H33NO. The lowest BCUT2D eigenvalue weighted by molar-refractivity contribution is -0.0897. The Labute approximate surface area is 124 Å². The van der Waals surface area contributed by atoms with Gasteiger partial charge in [0.15, 0.2) is 0 Å². The van der Waals surface area contributed by atoms with Gasteiger partial charge in [-0.25, -0.2) is 0 Å². The fourth-order valence-electron chi connectivity index (χ4n) is 5.17. The van der Waals surface area contributed by atoms with Crippen LogP contribution < -0.4 is 5.73 Å². The zero-order valence-corrected chi connectivity index (χ0v) is 13.3. The molecule has 3 rings (SSSR count). The fourth-order valence-corrected chi connectivity index (χ4v) is 5.17. The number of hydrogen-bond donors (Lipinski definition) is 1. The molecule has 3 fully saturated rings. The summed E-state index contributed by atoms with van der Waals surface area (Å²) in [6.07, 6.45) is 13.7. The van der Waals surface area contributed by atoms with Crippen LogP contribution in [0.15, 0.2) is 0 Å². The average Bonchev–Trinajstić information content (AvgIpc) is 3.10. The van der Waals surface area contributed by atoms with E-state index in [1.165, 1.54) is 64.2 Å². The third-order valence-corrected chi connectivity index (χ3v) is 6.57. The second kappa shape index (κ2) is 6.36. The van der Waals surface area contributed by atoms with E-state index < -0.39 is 0 Å². The van der Waals surface area contributed by atoms with Gasteiger partial charge >= 0.3 is 0 Å². The van der Waals surface area contributed by atoms with E-state index >= 15 is 0 Å². The van der Waals surface area contributed by atoms with Crippen LogP contribution in [0, 0.1) is 23.7 Å². The minimum Gasteiger partial charge on any atom is -0.373 e. The zero-order chi connectivity index (χ0) is 14.0. The van der Waals surface area contributed by atoms with E-state index in [2.05, 4.69) is 6.92 Å². The van der Waals surface area contributed by atoms with Crippen LogP contribution in [0.25, 0.3) is 0 Å². The Hall–Kier alpha value is -0.0800. The Morgan fingerprint density at radius 1 is 1.10 bits per heavy atom. The number of nitrogens with two attached hydrogens (primary N) is 1. The first-order valence-corrected chi connectivity index (χ1v) is 9.08. The maximum atomic E-state index is 6.46. The SMILES string of the molecule is CCCC1CCC(CN)(OCC2CC3CCC2C3)CC1. The minimum absolute atomic E-state index is 0.0338. The standard InChI is InChI=1S/C18H33NO/c1-2-3-14-6-8-18(13-19,9-7-14)20-12-17-11-15-4-5-16(17)10-15/h14-17H,2-13,19H2,1H3. The van der Waals surface area contributed by atoms with Crippen LogP contribution in [0.4, 0.5) is 0 Å². The summed E-state index contributed by atoms with van der Waals surface area (Å²) in [7, 11) is 0. The highest BCUT2D eigenvalue weighted by molar-refractivity contribution is 4.92. The number of fused-ring (bicyclic) bond motifs is 2. The first-order valence-electron chi connectivity index (χ1n) is 9.08. The second-order valence-electron chi connectivity index (χ2n) is 7.87. The van der Waals surface area contributed by atoms with Crippen molar-refractivity contribution in [1.29, 1.82) is 0 Å². The van der Waals surface area contributed by atoms with Crippen molar-refractivity contribution in [2.45, 2.75) is 76.7 Å². The fraction of sp³-hybridized carbons (Fsp3) is 1.00. The molecule has 0 aromatic heterocycles. The monoisotopic (exact) mass is 279 g/mol. The highest BCUT2D eigenvalue weighted by atomic mass is 16.5. The van der Waals surface area contributed by atoms with Gasteiger partial charge in [-0.15, -0.1) is 0 Å². The third-order valence-electron chi connectivity index (χ3n) is 6.57. The van der Waals surface area contributed by atoms with Crippen LogP contribution in [-0.4, -0.2) is 18.8 Å². The molecule has 3 aliphatic carbocycles. The molecular weight excluding hydrogens is 246 g/mol. The maximum absolute atomic E-state index is 6.46. The lowest BCUT2D eigenvalue weighted by atomic mass is 9.77. The Kier molecular flexibility index (Phi) is 4.72.